The van der Waals surface area contributed by atoms with Gasteiger partial charge >= 0.3 is 0 Å². The number of rotatable bonds is 2. The van der Waals surface area contributed by atoms with Gasteiger partial charge in [-0.1, -0.05) is 0 Å². The molecule has 1 aliphatic rings. The van der Waals surface area contributed by atoms with E-state index in [0.29, 0.717) is 6.54 Å². The second kappa shape index (κ2) is 3.07. The molecular formula is C10H17N3O. The van der Waals surface area contributed by atoms with Crippen LogP contribution < -0.4 is 5.73 Å². The zero-order valence-electron chi connectivity index (χ0n) is 8.70. The molecule has 0 aromatic carbocycles. The molecule has 1 saturated carbocycles. The summed E-state index contributed by atoms with van der Waals surface area (Å²) in [5, 5.41) is 13.7. The van der Waals surface area contributed by atoms with Crippen molar-refractivity contribution in [3.8, 4) is 0 Å². The van der Waals surface area contributed by atoms with E-state index in [1.165, 1.54) is 5.56 Å². The molecular weight excluding hydrogens is 178 g/mol. The van der Waals surface area contributed by atoms with Crippen LogP contribution in [-0.4, -0.2) is 27.5 Å². The van der Waals surface area contributed by atoms with E-state index in [4.69, 9.17) is 5.73 Å². The second-order valence-electron chi connectivity index (χ2n) is 4.35. The molecule has 1 aromatic heterocycles. The highest BCUT2D eigenvalue weighted by Gasteiger charge is 2.45. The van der Waals surface area contributed by atoms with E-state index in [2.05, 4.69) is 5.10 Å². The van der Waals surface area contributed by atoms with Gasteiger partial charge in [-0.25, -0.2) is 0 Å². The highest BCUT2D eigenvalue weighted by molar-refractivity contribution is 5.31. The van der Waals surface area contributed by atoms with Crippen LogP contribution in [-0.2, 0) is 12.5 Å². The van der Waals surface area contributed by atoms with Gasteiger partial charge in [0, 0.05) is 30.8 Å². The quantitative estimate of drug-likeness (QED) is 0.702. The summed E-state index contributed by atoms with van der Waals surface area (Å²) in [5.74, 6) is 0. The smallest absolute Gasteiger partial charge is 0.0631 e. The molecule has 0 amide bonds. The number of hydrogen-bond acceptors (Lipinski definition) is 3. The first-order chi connectivity index (χ1) is 6.57. The number of hydrogen-bond donors (Lipinski definition) is 2. The fourth-order valence-corrected chi connectivity index (χ4v) is 2.46. The molecule has 0 aliphatic heterocycles. The lowest BCUT2D eigenvalue weighted by Gasteiger charge is -2.44. The summed E-state index contributed by atoms with van der Waals surface area (Å²) in [6.07, 6.45) is 3.39. The Kier molecular flexibility index (Phi) is 2.12. The Morgan fingerprint density at radius 2 is 2.36 bits per heavy atom. The van der Waals surface area contributed by atoms with E-state index in [1.807, 2.05) is 24.9 Å². The van der Waals surface area contributed by atoms with Gasteiger partial charge in [-0.05, 0) is 19.8 Å². The summed E-state index contributed by atoms with van der Waals surface area (Å²) in [7, 11) is 1.91. The average Bonchev–Trinajstić information content (AvgIpc) is 2.40. The molecule has 3 N–H and O–H groups in total. The molecule has 4 nitrogen and oxygen atoms in total. The van der Waals surface area contributed by atoms with Gasteiger partial charge in [-0.15, -0.1) is 0 Å². The van der Waals surface area contributed by atoms with E-state index in [0.717, 1.165) is 18.5 Å². The van der Waals surface area contributed by atoms with Crippen molar-refractivity contribution in [2.24, 2.45) is 12.8 Å². The van der Waals surface area contributed by atoms with Crippen molar-refractivity contribution in [3.05, 3.63) is 17.5 Å². The maximum absolute atomic E-state index is 9.39. The number of nitrogens with two attached hydrogens (primary N) is 1. The van der Waals surface area contributed by atoms with E-state index < -0.39 is 0 Å². The Hall–Kier alpha value is -0.870. The maximum Gasteiger partial charge on any atom is 0.0631 e. The Morgan fingerprint density at radius 3 is 2.71 bits per heavy atom. The molecule has 1 fully saturated rings. The van der Waals surface area contributed by atoms with Crippen molar-refractivity contribution in [1.29, 1.82) is 0 Å². The fourth-order valence-electron chi connectivity index (χ4n) is 2.46. The summed E-state index contributed by atoms with van der Waals surface area (Å²) in [4.78, 5) is 0. The number of aliphatic hydroxyl groups excluding tert-OH is 1. The van der Waals surface area contributed by atoms with Gasteiger partial charge in [-0.2, -0.15) is 5.10 Å². The first kappa shape index (κ1) is 9.68. The normalized spacial score (nSPS) is 31.6. The molecule has 1 aromatic rings. The third kappa shape index (κ3) is 1.26. The van der Waals surface area contributed by atoms with Crippen LogP contribution in [0.5, 0.6) is 0 Å². The summed E-state index contributed by atoms with van der Waals surface area (Å²) >= 11 is 0. The molecule has 0 bridgehead atoms. The van der Waals surface area contributed by atoms with Crippen LogP contribution >= 0.6 is 0 Å². The average molecular weight is 195 g/mol. The highest BCUT2D eigenvalue weighted by Crippen LogP contribution is 2.43. The van der Waals surface area contributed by atoms with Gasteiger partial charge in [-0.3, -0.25) is 4.68 Å². The van der Waals surface area contributed by atoms with Crippen molar-refractivity contribution in [1.82, 2.24) is 9.78 Å². The molecule has 14 heavy (non-hydrogen) atoms. The lowest BCUT2D eigenvalue weighted by molar-refractivity contribution is 0.0218. The third-order valence-corrected chi connectivity index (χ3v) is 3.23. The molecule has 0 atom stereocenters. The molecule has 1 heterocycles. The summed E-state index contributed by atoms with van der Waals surface area (Å²) < 4.78 is 1.81. The van der Waals surface area contributed by atoms with Crippen LogP contribution in [0.4, 0.5) is 0 Å². The third-order valence-electron chi connectivity index (χ3n) is 3.23. The van der Waals surface area contributed by atoms with Gasteiger partial charge in [0.25, 0.3) is 0 Å². The van der Waals surface area contributed by atoms with Crippen LogP contribution in [0, 0.1) is 6.92 Å². The number of aromatic nitrogens is 2. The predicted molar refractivity (Wildman–Crippen MR) is 53.9 cm³/mol. The van der Waals surface area contributed by atoms with Gasteiger partial charge in [0.2, 0.25) is 0 Å². The zero-order chi connectivity index (χ0) is 10.3. The number of nitrogens with zero attached hydrogens (tertiary/aromatic N) is 2. The van der Waals surface area contributed by atoms with Gasteiger partial charge < -0.3 is 10.8 Å². The molecule has 4 heteroatoms. The SMILES string of the molecule is Cc1nn(C)cc1C1(CN)CC(O)C1. The van der Waals surface area contributed by atoms with Crippen molar-refractivity contribution in [3.63, 3.8) is 0 Å². The maximum atomic E-state index is 9.39. The molecule has 0 radical (unpaired) electrons. The van der Waals surface area contributed by atoms with Crippen LogP contribution in [0.25, 0.3) is 0 Å². The van der Waals surface area contributed by atoms with Crippen LogP contribution in [0.15, 0.2) is 6.20 Å². The van der Waals surface area contributed by atoms with Crippen molar-refractivity contribution in [2.45, 2.75) is 31.3 Å². The van der Waals surface area contributed by atoms with E-state index in [1.54, 1.807) is 0 Å². The predicted octanol–water partition coefficient (Wildman–Crippen LogP) is 0.0797. The first-order valence-electron chi connectivity index (χ1n) is 4.96. The fraction of sp³-hybridized carbons (Fsp3) is 0.700. The molecule has 78 valence electrons. The Labute approximate surface area is 83.7 Å². The van der Waals surface area contributed by atoms with Crippen LogP contribution in [0.3, 0.4) is 0 Å². The standard InChI is InChI=1S/C10H17N3O/c1-7-9(5-13(2)12-7)10(6-11)3-8(14)4-10/h5,8,14H,3-4,6,11H2,1-2H3. The minimum Gasteiger partial charge on any atom is -0.393 e. The first-order valence-corrected chi connectivity index (χ1v) is 4.96. The second-order valence-corrected chi connectivity index (χ2v) is 4.35. The van der Waals surface area contributed by atoms with Crippen LogP contribution in [0.1, 0.15) is 24.1 Å². The molecule has 1 aliphatic carbocycles. The summed E-state index contributed by atoms with van der Waals surface area (Å²) in [6.45, 7) is 2.59. The van der Waals surface area contributed by atoms with E-state index in [9.17, 15) is 5.11 Å². The topological polar surface area (TPSA) is 64.1 Å². The van der Waals surface area contributed by atoms with Gasteiger partial charge in [0.1, 0.15) is 0 Å². The van der Waals surface area contributed by atoms with E-state index >= 15 is 0 Å². The minimum atomic E-state index is -0.182. The van der Waals surface area contributed by atoms with Gasteiger partial charge in [0.15, 0.2) is 0 Å². The molecule has 0 spiro atoms. The number of aryl methyl sites for hydroxylation is 2. The summed E-state index contributed by atoms with van der Waals surface area (Å²) in [6, 6.07) is 0. The molecule has 2 rings (SSSR count). The molecule has 0 unspecified atom stereocenters. The largest absolute Gasteiger partial charge is 0.393 e. The lowest BCUT2D eigenvalue weighted by atomic mass is 9.63. The molecule has 0 saturated heterocycles. The van der Waals surface area contributed by atoms with Crippen molar-refractivity contribution < 1.29 is 5.11 Å². The monoisotopic (exact) mass is 195 g/mol. The lowest BCUT2D eigenvalue weighted by Crippen LogP contribution is -2.50. The van der Waals surface area contributed by atoms with Crippen molar-refractivity contribution >= 4 is 0 Å². The van der Waals surface area contributed by atoms with Gasteiger partial charge in [0.05, 0.1) is 11.8 Å². The number of aliphatic hydroxyl groups is 1. The van der Waals surface area contributed by atoms with Crippen LogP contribution in [0.2, 0.25) is 0 Å². The zero-order valence-corrected chi connectivity index (χ0v) is 8.70. The van der Waals surface area contributed by atoms with Crippen molar-refractivity contribution in [2.75, 3.05) is 6.54 Å². The Bertz CT molecular complexity index is 339. The minimum absolute atomic E-state index is 0.0161. The van der Waals surface area contributed by atoms with E-state index in [-0.39, 0.29) is 11.5 Å². The Balaban J connectivity index is 2.33. The Morgan fingerprint density at radius 1 is 1.71 bits per heavy atom. The summed E-state index contributed by atoms with van der Waals surface area (Å²) in [5.41, 5.74) is 8.01. The highest BCUT2D eigenvalue weighted by atomic mass is 16.3.